The number of carbonyl (C=O) groups is 1. The number of urea groups is 1. The molecule has 0 aromatic rings. The normalized spacial score (nSPS) is 26.3. The van der Waals surface area contributed by atoms with E-state index in [4.69, 9.17) is 0 Å². The Morgan fingerprint density at radius 2 is 2.00 bits per heavy atom. The molecule has 2 atom stereocenters. The van der Waals surface area contributed by atoms with E-state index in [1.165, 1.54) is 32.2 Å². The molecule has 2 unspecified atom stereocenters. The van der Waals surface area contributed by atoms with Crippen LogP contribution in [0.15, 0.2) is 0 Å². The van der Waals surface area contributed by atoms with Crippen LogP contribution in [-0.4, -0.2) is 53.9 Å². The van der Waals surface area contributed by atoms with Crippen LogP contribution in [0.5, 0.6) is 0 Å². The molecule has 1 heterocycles. The second-order valence-corrected chi connectivity index (χ2v) is 7.73. The van der Waals surface area contributed by atoms with E-state index in [-0.39, 0.29) is 24.5 Å². The summed E-state index contributed by atoms with van der Waals surface area (Å²) >= 11 is 0. The van der Waals surface area contributed by atoms with Crippen molar-refractivity contribution in [1.82, 2.24) is 15.5 Å². The van der Waals surface area contributed by atoms with Crippen LogP contribution in [0.2, 0.25) is 0 Å². The largest absolute Gasteiger partial charge is 0.388 e. The zero-order valence-corrected chi connectivity index (χ0v) is 14.4. The van der Waals surface area contributed by atoms with E-state index < -0.39 is 5.60 Å². The van der Waals surface area contributed by atoms with Crippen LogP contribution in [0.25, 0.3) is 0 Å². The van der Waals surface area contributed by atoms with E-state index in [1.54, 1.807) is 6.92 Å². The average molecular weight is 311 g/mol. The van der Waals surface area contributed by atoms with Crippen molar-refractivity contribution in [2.45, 2.75) is 64.5 Å². The third-order valence-electron chi connectivity index (χ3n) is 5.45. The Kier molecular flexibility index (Phi) is 6.09. The fourth-order valence-corrected chi connectivity index (χ4v) is 3.37. The molecular weight excluding hydrogens is 278 g/mol. The molecular formula is C17H33N3O2. The molecule has 1 aliphatic carbocycles. The Morgan fingerprint density at radius 3 is 2.64 bits per heavy atom. The molecule has 1 aliphatic heterocycles. The summed E-state index contributed by atoms with van der Waals surface area (Å²) in [5, 5.41) is 16.0. The van der Waals surface area contributed by atoms with Crippen molar-refractivity contribution < 1.29 is 9.90 Å². The maximum Gasteiger partial charge on any atom is 0.315 e. The molecule has 2 fully saturated rings. The van der Waals surface area contributed by atoms with Crippen LogP contribution < -0.4 is 10.6 Å². The molecule has 0 aromatic carbocycles. The minimum atomic E-state index is -0.860. The molecule has 5 nitrogen and oxygen atoms in total. The molecule has 2 amide bonds. The molecule has 22 heavy (non-hydrogen) atoms. The number of rotatable bonds is 6. The summed E-state index contributed by atoms with van der Waals surface area (Å²) in [7, 11) is 0. The van der Waals surface area contributed by atoms with Crippen LogP contribution in [-0.2, 0) is 0 Å². The Balaban J connectivity index is 1.65. The number of carbonyl (C=O) groups excluding carboxylic acids is 1. The lowest BCUT2D eigenvalue weighted by Crippen LogP contribution is -2.50. The summed E-state index contributed by atoms with van der Waals surface area (Å²) in [6.45, 7) is 9.21. The first-order valence-electron chi connectivity index (χ1n) is 8.86. The monoisotopic (exact) mass is 311 g/mol. The van der Waals surface area contributed by atoms with Crippen LogP contribution in [0.4, 0.5) is 4.79 Å². The number of aliphatic hydroxyl groups is 1. The minimum Gasteiger partial charge on any atom is -0.388 e. The fourth-order valence-electron chi connectivity index (χ4n) is 3.37. The lowest BCUT2D eigenvalue weighted by atomic mass is 9.93. The highest BCUT2D eigenvalue weighted by molar-refractivity contribution is 5.74. The Labute approximate surface area is 134 Å². The van der Waals surface area contributed by atoms with Crippen LogP contribution in [0.3, 0.4) is 0 Å². The number of nitrogens with one attached hydrogen (secondary N) is 2. The first kappa shape index (κ1) is 17.5. The Hall–Kier alpha value is -0.810. The molecule has 3 N–H and O–H groups in total. The predicted octanol–water partition coefficient (Wildman–Crippen LogP) is 1.96. The predicted molar refractivity (Wildman–Crippen MR) is 88.8 cm³/mol. The van der Waals surface area contributed by atoms with Gasteiger partial charge < -0.3 is 20.6 Å². The third-order valence-corrected chi connectivity index (χ3v) is 5.45. The number of amides is 2. The molecule has 1 saturated heterocycles. The first-order chi connectivity index (χ1) is 10.4. The lowest BCUT2D eigenvalue weighted by Gasteiger charge is -2.28. The summed E-state index contributed by atoms with van der Waals surface area (Å²) in [6.07, 6.45) is 6.55. The highest BCUT2D eigenvalue weighted by Gasteiger charge is 2.28. The van der Waals surface area contributed by atoms with Crippen molar-refractivity contribution in [2.24, 2.45) is 11.8 Å². The van der Waals surface area contributed by atoms with Crippen molar-refractivity contribution >= 4 is 6.03 Å². The Bertz CT molecular complexity index is 365. The van der Waals surface area contributed by atoms with Gasteiger partial charge in [0.15, 0.2) is 0 Å². The van der Waals surface area contributed by atoms with Crippen LogP contribution in [0, 0.1) is 11.8 Å². The van der Waals surface area contributed by atoms with Gasteiger partial charge in [-0.05, 0) is 38.0 Å². The van der Waals surface area contributed by atoms with Gasteiger partial charge in [-0.2, -0.15) is 0 Å². The third kappa shape index (κ3) is 5.13. The zero-order valence-electron chi connectivity index (χ0n) is 14.4. The number of nitrogens with zero attached hydrogens (tertiary/aromatic N) is 1. The van der Waals surface area contributed by atoms with Crippen molar-refractivity contribution in [3.63, 3.8) is 0 Å². The van der Waals surface area contributed by atoms with Crippen molar-refractivity contribution in [3.05, 3.63) is 0 Å². The second-order valence-electron chi connectivity index (χ2n) is 7.73. The maximum atomic E-state index is 12.0. The number of hydrogen-bond acceptors (Lipinski definition) is 3. The molecule has 0 spiro atoms. The van der Waals surface area contributed by atoms with E-state index in [9.17, 15) is 9.90 Å². The summed E-state index contributed by atoms with van der Waals surface area (Å²) < 4.78 is 0. The van der Waals surface area contributed by atoms with E-state index in [2.05, 4.69) is 15.5 Å². The molecule has 5 heteroatoms. The Morgan fingerprint density at radius 1 is 1.32 bits per heavy atom. The fraction of sp³-hybridized carbons (Fsp3) is 0.941. The molecule has 1 saturated carbocycles. The van der Waals surface area contributed by atoms with E-state index in [1.807, 2.05) is 13.8 Å². The quantitative estimate of drug-likeness (QED) is 0.702. The van der Waals surface area contributed by atoms with Crippen molar-refractivity contribution in [3.8, 4) is 0 Å². The van der Waals surface area contributed by atoms with Gasteiger partial charge in [0, 0.05) is 32.2 Å². The van der Waals surface area contributed by atoms with Gasteiger partial charge in [0.2, 0.25) is 0 Å². The van der Waals surface area contributed by atoms with Gasteiger partial charge in [-0.1, -0.05) is 26.7 Å². The van der Waals surface area contributed by atoms with E-state index in [0.29, 0.717) is 0 Å². The van der Waals surface area contributed by atoms with Crippen LogP contribution in [0.1, 0.15) is 52.9 Å². The lowest BCUT2D eigenvalue weighted by molar-refractivity contribution is 0.0165. The zero-order chi connectivity index (χ0) is 16.2. The van der Waals surface area contributed by atoms with Crippen LogP contribution >= 0.6 is 0 Å². The summed E-state index contributed by atoms with van der Waals surface area (Å²) in [5.41, 5.74) is -0.860. The standard InChI is InChI=1S/C17H33N3O2/c1-13(2)17(3,22)12-18-16(21)19-15-8-9-20(11-15)10-14-6-4-5-7-14/h13-15,22H,4-12H2,1-3H3,(H2,18,19,21). The molecule has 2 rings (SSSR count). The van der Waals surface area contributed by atoms with E-state index >= 15 is 0 Å². The molecule has 2 aliphatic rings. The van der Waals surface area contributed by atoms with Gasteiger partial charge in [0.25, 0.3) is 0 Å². The van der Waals surface area contributed by atoms with Gasteiger partial charge in [-0.25, -0.2) is 4.79 Å². The second kappa shape index (κ2) is 7.64. The summed E-state index contributed by atoms with van der Waals surface area (Å²) in [6, 6.07) is 0.0824. The smallest absolute Gasteiger partial charge is 0.315 e. The van der Waals surface area contributed by atoms with E-state index in [0.717, 1.165) is 25.4 Å². The maximum absolute atomic E-state index is 12.0. The molecule has 0 radical (unpaired) electrons. The van der Waals surface area contributed by atoms with Crippen molar-refractivity contribution in [2.75, 3.05) is 26.2 Å². The van der Waals surface area contributed by atoms with Gasteiger partial charge >= 0.3 is 6.03 Å². The highest BCUT2D eigenvalue weighted by Crippen LogP contribution is 2.26. The van der Waals surface area contributed by atoms with Crippen molar-refractivity contribution in [1.29, 1.82) is 0 Å². The van der Waals surface area contributed by atoms with Gasteiger partial charge in [-0.15, -0.1) is 0 Å². The molecule has 128 valence electrons. The topological polar surface area (TPSA) is 64.6 Å². The number of likely N-dealkylation sites (tertiary alicyclic amines) is 1. The summed E-state index contributed by atoms with van der Waals surface area (Å²) in [5.74, 6) is 0.981. The molecule has 0 aromatic heterocycles. The summed E-state index contributed by atoms with van der Waals surface area (Å²) in [4.78, 5) is 14.5. The molecule has 0 bridgehead atoms. The van der Waals surface area contributed by atoms with Gasteiger partial charge in [0.05, 0.1) is 5.60 Å². The minimum absolute atomic E-state index is 0.112. The first-order valence-corrected chi connectivity index (χ1v) is 8.86. The van der Waals surface area contributed by atoms with Gasteiger partial charge in [0.1, 0.15) is 0 Å². The number of hydrogen-bond donors (Lipinski definition) is 3. The SMILES string of the molecule is CC(C)C(C)(O)CNC(=O)NC1CCN(CC2CCCC2)C1. The highest BCUT2D eigenvalue weighted by atomic mass is 16.3. The average Bonchev–Trinajstić information content (AvgIpc) is 3.09. The van der Waals surface area contributed by atoms with Gasteiger partial charge in [-0.3, -0.25) is 0 Å².